The highest BCUT2D eigenvalue weighted by Gasteiger charge is 2.10. The van der Waals surface area contributed by atoms with Crippen molar-refractivity contribution in [2.45, 2.75) is 11.8 Å². The maximum atomic E-state index is 12.3. The van der Waals surface area contributed by atoms with Crippen molar-refractivity contribution in [1.82, 2.24) is 0 Å². The number of benzene rings is 2. The lowest BCUT2D eigenvalue weighted by Gasteiger charge is -2.10. The summed E-state index contributed by atoms with van der Waals surface area (Å²) in [6.07, 6.45) is 3.06. The largest absolute Gasteiger partial charge is 0.322 e. The van der Waals surface area contributed by atoms with Crippen molar-refractivity contribution < 1.29 is 13.2 Å². The van der Waals surface area contributed by atoms with E-state index in [0.29, 0.717) is 16.8 Å². The Morgan fingerprint density at radius 3 is 2.48 bits per heavy atom. The van der Waals surface area contributed by atoms with Gasteiger partial charge in [0.25, 0.3) is 5.91 Å². The van der Waals surface area contributed by atoms with E-state index < -0.39 is 10.0 Å². The molecule has 0 spiro atoms. The SMILES string of the molecule is CSc1cccc(NC(=O)c2ccc(NS(C)(=O)=O)c(C)c2)c1. The van der Waals surface area contributed by atoms with Crippen molar-refractivity contribution in [3.63, 3.8) is 0 Å². The molecule has 0 radical (unpaired) electrons. The van der Waals surface area contributed by atoms with E-state index in [1.807, 2.05) is 30.5 Å². The maximum Gasteiger partial charge on any atom is 0.255 e. The smallest absolute Gasteiger partial charge is 0.255 e. The predicted molar refractivity (Wildman–Crippen MR) is 95.8 cm³/mol. The van der Waals surface area contributed by atoms with E-state index in [1.165, 1.54) is 0 Å². The van der Waals surface area contributed by atoms with Crippen molar-refractivity contribution in [3.8, 4) is 0 Å². The van der Waals surface area contributed by atoms with Crippen LogP contribution in [-0.2, 0) is 10.0 Å². The van der Waals surface area contributed by atoms with Crippen LogP contribution in [0.1, 0.15) is 15.9 Å². The lowest BCUT2D eigenvalue weighted by atomic mass is 10.1. The van der Waals surface area contributed by atoms with Crippen LogP contribution in [0.5, 0.6) is 0 Å². The van der Waals surface area contributed by atoms with Crippen LogP contribution in [0.25, 0.3) is 0 Å². The zero-order chi connectivity index (χ0) is 17.0. The van der Waals surface area contributed by atoms with Crippen LogP contribution in [0.2, 0.25) is 0 Å². The van der Waals surface area contributed by atoms with Crippen molar-refractivity contribution in [1.29, 1.82) is 0 Å². The summed E-state index contributed by atoms with van der Waals surface area (Å²) in [5.41, 5.74) is 2.34. The van der Waals surface area contributed by atoms with E-state index in [1.54, 1.807) is 36.9 Å². The molecule has 0 aliphatic rings. The van der Waals surface area contributed by atoms with Gasteiger partial charge in [0.05, 0.1) is 11.9 Å². The predicted octanol–water partition coefficient (Wildman–Crippen LogP) is 3.34. The Labute approximate surface area is 140 Å². The Morgan fingerprint density at radius 2 is 1.87 bits per heavy atom. The summed E-state index contributed by atoms with van der Waals surface area (Å²) >= 11 is 1.60. The Hall–Kier alpha value is -1.99. The van der Waals surface area contributed by atoms with Crippen LogP contribution >= 0.6 is 11.8 Å². The number of nitrogens with one attached hydrogen (secondary N) is 2. The molecule has 0 saturated carbocycles. The van der Waals surface area contributed by atoms with E-state index in [2.05, 4.69) is 10.0 Å². The molecule has 7 heteroatoms. The minimum absolute atomic E-state index is 0.239. The second kappa shape index (κ2) is 7.06. The Bertz CT molecular complexity index is 833. The molecule has 2 N–H and O–H groups in total. The zero-order valence-corrected chi connectivity index (χ0v) is 14.7. The summed E-state index contributed by atoms with van der Waals surface area (Å²) in [6, 6.07) is 12.4. The van der Waals surface area contributed by atoms with Gasteiger partial charge in [-0.25, -0.2) is 8.42 Å². The third-order valence-electron chi connectivity index (χ3n) is 3.11. The molecule has 0 atom stereocenters. The molecule has 23 heavy (non-hydrogen) atoms. The van der Waals surface area contributed by atoms with E-state index in [0.717, 1.165) is 16.8 Å². The summed E-state index contributed by atoms with van der Waals surface area (Å²) in [5.74, 6) is -0.239. The van der Waals surface area contributed by atoms with Gasteiger partial charge in [0.15, 0.2) is 0 Å². The molecule has 0 unspecified atom stereocenters. The standard InChI is InChI=1S/C16H18N2O3S2/c1-11-9-12(7-8-15(11)18-23(3,20)21)16(19)17-13-5-4-6-14(10-13)22-2/h4-10,18H,1-3H3,(H,17,19). The van der Waals surface area contributed by atoms with Crippen molar-refractivity contribution in [2.24, 2.45) is 0 Å². The van der Waals surface area contributed by atoms with Gasteiger partial charge in [-0.3, -0.25) is 9.52 Å². The number of thioether (sulfide) groups is 1. The van der Waals surface area contributed by atoms with Gasteiger partial charge in [-0.15, -0.1) is 11.8 Å². The molecule has 0 fully saturated rings. The second-order valence-corrected chi connectivity index (χ2v) is 7.72. The quantitative estimate of drug-likeness (QED) is 0.811. The van der Waals surface area contributed by atoms with Crippen LogP contribution in [-0.4, -0.2) is 26.8 Å². The number of carbonyl (C=O) groups excluding carboxylic acids is 1. The Kier molecular flexibility index (Phi) is 5.33. The zero-order valence-electron chi connectivity index (χ0n) is 13.1. The summed E-state index contributed by atoms with van der Waals surface area (Å²) in [6.45, 7) is 1.75. The van der Waals surface area contributed by atoms with Gasteiger partial charge in [-0.1, -0.05) is 6.07 Å². The number of hydrogen-bond donors (Lipinski definition) is 2. The highest BCUT2D eigenvalue weighted by atomic mass is 32.2. The van der Waals surface area contributed by atoms with E-state index in [4.69, 9.17) is 0 Å². The normalized spacial score (nSPS) is 11.1. The lowest BCUT2D eigenvalue weighted by molar-refractivity contribution is 0.102. The van der Waals surface area contributed by atoms with E-state index >= 15 is 0 Å². The minimum Gasteiger partial charge on any atom is -0.322 e. The number of rotatable bonds is 5. The Morgan fingerprint density at radius 1 is 1.13 bits per heavy atom. The van der Waals surface area contributed by atoms with Crippen LogP contribution in [0.3, 0.4) is 0 Å². The van der Waals surface area contributed by atoms with Crippen LogP contribution < -0.4 is 10.0 Å². The summed E-state index contributed by atoms with van der Waals surface area (Å²) < 4.78 is 25.0. The second-order valence-electron chi connectivity index (χ2n) is 5.09. The molecule has 0 saturated heterocycles. The van der Waals surface area contributed by atoms with Gasteiger partial charge >= 0.3 is 0 Å². The average molecular weight is 350 g/mol. The monoisotopic (exact) mass is 350 g/mol. The third-order valence-corrected chi connectivity index (χ3v) is 4.43. The van der Waals surface area contributed by atoms with Crippen LogP contribution in [0.15, 0.2) is 47.4 Å². The van der Waals surface area contributed by atoms with Crippen molar-refractivity contribution in [2.75, 3.05) is 22.6 Å². The fraction of sp³-hybridized carbons (Fsp3) is 0.188. The van der Waals surface area contributed by atoms with Gasteiger partial charge in [-0.2, -0.15) is 0 Å². The molecular weight excluding hydrogens is 332 g/mol. The molecule has 0 heterocycles. The first-order chi connectivity index (χ1) is 10.8. The molecular formula is C16H18N2O3S2. The number of hydrogen-bond acceptors (Lipinski definition) is 4. The van der Waals surface area contributed by atoms with Crippen molar-refractivity contribution >= 4 is 39.1 Å². The van der Waals surface area contributed by atoms with Gasteiger partial charge in [-0.05, 0) is 55.1 Å². The van der Waals surface area contributed by atoms with Gasteiger partial charge < -0.3 is 5.32 Å². The highest BCUT2D eigenvalue weighted by Crippen LogP contribution is 2.21. The van der Waals surface area contributed by atoms with E-state index in [-0.39, 0.29) is 5.91 Å². The molecule has 0 aromatic heterocycles. The first kappa shape index (κ1) is 17.4. The molecule has 0 aliphatic heterocycles. The summed E-state index contributed by atoms with van der Waals surface area (Å²) in [7, 11) is -3.34. The number of sulfonamides is 1. The number of carbonyl (C=O) groups is 1. The first-order valence-electron chi connectivity index (χ1n) is 6.82. The average Bonchev–Trinajstić information content (AvgIpc) is 2.48. The fourth-order valence-electron chi connectivity index (χ4n) is 2.02. The molecule has 0 aliphatic carbocycles. The van der Waals surface area contributed by atoms with Gasteiger partial charge in [0, 0.05) is 16.1 Å². The summed E-state index contributed by atoms with van der Waals surface area (Å²) in [5, 5.41) is 2.84. The molecule has 122 valence electrons. The molecule has 2 aromatic carbocycles. The summed E-state index contributed by atoms with van der Waals surface area (Å²) in [4.78, 5) is 13.4. The number of amides is 1. The number of anilines is 2. The van der Waals surface area contributed by atoms with Crippen molar-refractivity contribution in [3.05, 3.63) is 53.6 Å². The van der Waals surface area contributed by atoms with E-state index in [9.17, 15) is 13.2 Å². The van der Waals surface area contributed by atoms with Gasteiger partial charge in [0.1, 0.15) is 0 Å². The lowest BCUT2D eigenvalue weighted by Crippen LogP contribution is -2.14. The Balaban J connectivity index is 2.18. The molecule has 0 bridgehead atoms. The van der Waals surface area contributed by atoms with Crippen LogP contribution in [0, 0.1) is 6.92 Å². The molecule has 5 nitrogen and oxygen atoms in total. The third kappa shape index (κ3) is 5.01. The maximum absolute atomic E-state index is 12.3. The topological polar surface area (TPSA) is 75.3 Å². The first-order valence-corrected chi connectivity index (χ1v) is 9.94. The fourth-order valence-corrected chi connectivity index (χ4v) is 3.11. The highest BCUT2D eigenvalue weighted by molar-refractivity contribution is 7.98. The minimum atomic E-state index is -3.34. The van der Waals surface area contributed by atoms with Crippen LogP contribution in [0.4, 0.5) is 11.4 Å². The molecule has 2 aromatic rings. The molecule has 1 amide bonds. The van der Waals surface area contributed by atoms with Gasteiger partial charge in [0.2, 0.25) is 10.0 Å². The molecule has 2 rings (SSSR count). The number of aryl methyl sites for hydroxylation is 1.